The highest BCUT2D eigenvalue weighted by molar-refractivity contribution is 6.07. The molecule has 0 atom stereocenters. The Hall–Kier alpha value is -3.00. The minimum Gasteiger partial charge on any atom is -0.434 e. The molecule has 110 valence electrons. The maximum Gasteiger partial charge on any atom is 0.387 e. The van der Waals surface area contributed by atoms with Crippen LogP contribution in [0.15, 0.2) is 54.6 Å². The lowest BCUT2D eigenvalue weighted by Gasteiger charge is -2.07. The molecule has 0 heterocycles. The van der Waals surface area contributed by atoms with Crippen LogP contribution < -0.4 is 4.74 Å². The van der Waals surface area contributed by atoms with Gasteiger partial charge < -0.3 is 4.74 Å². The van der Waals surface area contributed by atoms with Crippen molar-refractivity contribution in [1.82, 2.24) is 0 Å². The van der Waals surface area contributed by atoms with E-state index in [2.05, 4.69) is 4.74 Å². The van der Waals surface area contributed by atoms with E-state index in [4.69, 9.17) is 5.26 Å². The molecular weight excluding hydrogens is 288 g/mol. The number of hydrogen-bond donors (Lipinski definition) is 0. The largest absolute Gasteiger partial charge is 0.434 e. The number of para-hydroxylation sites is 1. The van der Waals surface area contributed by atoms with Crippen molar-refractivity contribution in [3.05, 3.63) is 71.3 Å². The van der Waals surface area contributed by atoms with E-state index >= 15 is 0 Å². The highest BCUT2D eigenvalue weighted by atomic mass is 19.3. The van der Waals surface area contributed by atoms with Crippen molar-refractivity contribution < 1.29 is 18.3 Å². The van der Waals surface area contributed by atoms with E-state index in [1.54, 1.807) is 18.2 Å². The standard InChI is InChI=1S/C17H11F2NO2/c18-17(19)22-16-4-2-1-3-14(16)9-10-15(21)13-7-5-12(11-20)6-8-13/h1-10,17H/b10-9+. The fraction of sp³-hybridized carbons (Fsp3) is 0.0588. The third-order valence-corrected chi connectivity index (χ3v) is 2.85. The first-order valence-electron chi connectivity index (χ1n) is 6.36. The summed E-state index contributed by atoms with van der Waals surface area (Å²) in [6.07, 6.45) is 2.69. The van der Waals surface area contributed by atoms with Gasteiger partial charge in [0.15, 0.2) is 5.78 Å². The molecule has 0 unspecified atom stereocenters. The number of nitriles is 1. The number of hydrogen-bond acceptors (Lipinski definition) is 3. The fourth-order valence-electron chi connectivity index (χ4n) is 1.79. The summed E-state index contributed by atoms with van der Waals surface area (Å²) in [5.41, 5.74) is 1.24. The number of benzene rings is 2. The second-order valence-electron chi connectivity index (χ2n) is 4.30. The molecule has 0 bridgehead atoms. The predicted molar refractivity (Wildman–Crippen MR) is 77.6 cm³/mol. The van der Waals surface area contributed by atoms with Crippen LogP contribution in [0.3, 0.4) is 0 Å². The maximum atomic E-state index is 12.3. The minimum absolute atomic E-state index is 0.00128. The summed E-state index contributed by atoms with van der Waals surface area (Å²) in [6.45, 7) is -2.93. The number of carbonyl (C=O) groups is 1. The average Bonchev–Trinajstić information content (AvgIpc) is 2.53. The van der Waals surface area contributed by atoms with Crippen molar-refractivity contribution in [3.8, 4) is 11.8 Å². The molecule has 0 fully saturated rings. The molecule has 0 radical (unpaired) electrons. The molecule has 5 heteroatoms. The van der Waals surface area contributed by atoms with Gasteiger partial charge in [0.25, 0.3) is 0 Å². The molecule has 3 nitrogen and oxygen atoms in total. The van der Waals surface area contributed by atoms with Gasteiger partial charge in [-0.2, -0.15) is 14.0 Å². The Morgan fingerprint density at radius 2 is 1.82 bits per heavy atom. The molecular formula is C17H11F2NO2. The van der Waals surface area contributed by atoms with Gasteiger partial charge in [0.1, 0.15) is 5.75 Å². The molecule has 2 rings (SSSR count). The fourth-order valence-corrected chi connectivity index (χ4v) is 1.79. The number of alkyl halides is 2. The zero-order chi connectivity index (χ0) is 15.9. The van der Waals surface area contributed by atoms with E-state index in [1.807, 2.05) is 6.07 Å². The first-order valence-corrected chi connectivity index (χ1v) is 6.36. The number of ketones is 1. The lowest BCUT2D eigenvalue weighted by atomic mass is 10.1. The lowest BCUT2D eigenvalue weighted by molar-refractivity contribution is -0.0499. The molecule has 0 spiro atoms. The molecule has 22 heavy (non-hydrogen) atoms. The van der Waals surface area contributed by atoms with Crippen LogP contribution in [0.4, 0.5) is 8.78 Å². The van der Waals surface area contributed by atoms with Crippen LogP contribution in [0.25, 0.3) is 6.08 Å². The SMILES string of the molecule is N#Cc1ccc(C(=O)/C=C/c2ccccc2OC(F)F)cc1. The van der Waals surface area contributed by atoms with Gasteiger partial charge in [0, 0.05) is 11.1 Å². The van der Waals surface area contributed by atoms with Crippen LogP contribution in [-0.4, -0.2) is 12.4 Å². The van der Waals surface area contributed by atoms with Crippen molar-refractivity contribution in [3.63, 3.8) is 0 Å². The van der Waals surface area contributed by atoms with Crippen LogP contribution in [0, 0.1) is 11.3 Å². The van der Waals surface area contributed by atoms with Gasteiger partial charge in [-0.15, -0.1) is 0 Å². The number of carbonyl (C=O) groups excluding carboxylic acids is 1. The molecule has 0 aliphatic heterocycles. The van der Waals surface area contributed by atoms with Crippen LogP contribution in [0.1, 0.15) is 21.5 Å². The summed E-state index contributed by atoms with van der Waals surface area (Å²) in [5.74, 6) is -0.294. The van der Waals surface area contributed by atoms with Crippen LogP contribution >= 0.6 is 0 Å². The molecule has 2 aromatic carbocycles. The molecule has 0 amide bonds. The Morgan fingerprint density at radius 1 is 1.14 bits per heavy atom. The number of halogens is 2. The smallest absolute Gasteiger partial charge is 0.387 e. The zero-order valence-electron chi connectivity index (χ0n) is 11.4. The Kier molecular flexibility index (Phi) is 4.99. The predicted octanol–water partition coefficient (Wildman–Crippen LogP) is 4.06. The van der Waals surface area contributed by atoms with E-state index in [1.165, 1.54) is 42.5 Å². The van der Waals surface area contributed by atoms with Gasteiger partial charge in [0.05, 0.1) is 11.6 Å². The van der Waals surface area contributed by atoms with Crippen molar-refractivity contribution >= 4 is 11.9 Å². The van der Waals surface area contributed by atoms with Crippen molar-refractivity contribution in [1.29, 1.82) is 5.26 Å². The molecule has 0 aromatic heterocycles. The van der Waals surface area contributed by atoms with Crippen molar-refractivity contribution in [2.75, 3.05) is 0 Å². The van der Waals surface area contributed by atoms with Crippen LogP contribution in [-0.2, 0) is 0 Å². The average molecular weight is 299 g/mol. The Morgan fingerprint density at radius 3 is 2.45 bits per heavy atom. The number of allylic oxidation sites excluding steroid dienone is 1. The van der Waals surface area contributed by atoms with E-state index in [-0.39, 0.29) is 11.5 Å². The van der Waals surface area contributed by atoms with E-state index in [0.29, 0.717) is 16.7 Å². The van der Waals surface area contributed by atoms with Crippen LogP contribution in [0.2, 0.25) is 0 Å². The van der Waals surface area contributed by atoms with Gasteiger partial charge in [-0.3, -0.25) is 4.79 Å². The maximum absolute atomic E-state index is 12.3. The normalized spacial score (nSPS) is 10.6. The van der Waals surface area contributed by atoms with Crippen LogP contribution in [0.5, 0.6) is 5.75 Å². The Labute approximate surface area is 126 Å². The zero-order valence-corrected chi connectivity index (χ0v) is 11.4. The molecule has 2 aromatic rings. The second-order valence-corrected chi connectivity index (χ2v) is 4.30. The van der Waals surface area contributed by atoms with Gasteiger partial charge in [-0.05, 0) is 42.5 Å². The molecule has 0 aliphatic rings. The summed E-state index contributed by atoms with van der Waals surface area (Å²) in [5, 5.41) is 8.70. The number of ether oxygens (including phenoxy) is 1. The molecule has 0 aliphatic carbocycles. The summed E-state index contributed by atoms with van der Waals surface area (Å²) in [7, 11) is 0. The van der Waals surface area contributed by atoms with Gasteiger partial charge in [0.2, 0.25) is 0 Å². The third kappa shape index (κ3) is 4.00. The quantitative estimate of drug-likeness (QED) is 0.618. The van der Waals surface area contributed by atoms with Gasteiger partial charge in [-0.1, -0.05) is 18.2 Å². The van der Waals surface area contributed by atoms with Crippen molar-refractivity contribution in [2.24, 2.45) is 0 Å². The summed E-state index contributed by atoms with van der Waals surface area (Å²) < 4.78 is 29.0. The molecule has 0 N–H and O–H groups in total. The monoisotopic (exact) mass is 299 g/mol. The molecule has 0 saturated carbocycles. The first-order chi connectivity index (χ1) is 10.6. The lowest BCUT2D eigenvalue weighted by Crippen LogP contribution is -2.03. The highest BCUT2D eigenvalue weighted by Gasteiger charge is 2.08. The Balaban J connectivity index is 2.17. The van der Waals surface area contributed by atoms with E-state index in [0.717, 1.165) is 0 Å². The highest BCUT2D eigenvalue weighted by Crippen LogP contribution is 2.21. The first kappa shape index (κ1) is 15.4. The Bertz CT molecular complexity index is 731. The van der Waals surface area contributed by atoms with Gasteiger partial charge >= 0.3 is 6.61 Å². The van der Waals surface area contributed by atoms with E-state index < -0.39 is 6.61 Å². The van der Waals surface area contributed by atoms with Crippen molar-refractivity contribution in [2.45, 2.75) is 6.61 Å². The van der Waals surface area contributed by atoms with E-state index in [9.17, 15) is 13.6 Å². The van der Waals surface area contributed by atoms with Gasteiger partial charge in [-0.25, -0.2) is 0 Å². The summed E-state index contributed by atoms with van der Waals surface area (Å²) >= 11 is 0. The number of nitrogens with zero attached hydrogens (tertiary/aromatic N) is 1. The molecule has 0 saturated heterocycles. The summed E-state index contributed by atoms with van der Waals surface area (Å²) in [4.78, 5) is 12.0. The number of rotatable bonds is 5. The topological polar surface area (TPSA) is 50.1 Å². The summed E-state index contributed by atoms with van der Waals surface area (Å²) in [6, 6.07) is 14.3. The minimum atomic E-state index is -2.93. The third-order valence-electron chi connectivity index (χ3n) is 2.85. The second kappa shape index (κ2) is 7.14.